The lowest BCUT2D eigenvalue weighted by molar-refractivity contribution is 0.475. The van der Waals surface area contributed by atoms with E-state index in [4.69, 9.17) is 0 Å². The van der Waals surface area contributed by atoms with Crippen molar-refractivity contribution in [2.45, 2.75) is 51.0 Å². The average Bonchev–Trinajstić information content (AvgIpc) is 2.37. The summed E-state index contributed by atoms with van der Waals surface area (Å²) in [5.41, 5.74) is 0.986. The first-order chi connectivity index (χ1) is 8.99. The lowest BCUT2D eigenvalue weighted by atomic mass is 10.1. The molecule has 4 heteroatoms. The third kappa shape index (κ3) is 5.33. The second-order valence-corrected chi connectivity index (χ2v) is 7.05. The minimum absolute atomic E-state index is 0.234. The second kappa shape index (κ2) is 7.65. The minimum atomic E-state index is -3.13. The van der Waals surface area contributed by atoms with Crippen molar-refractivity contribution >= 4 is 9.84 Å². The summed E-state index contributed by atoms with van der Waals surface area (Å²) in [6.07, 6.45) is 2.66. The molecule has 108 valence electrons. The van der Waals surface area contributed by atoms with Gasteiger partial charge in [0.25, 0.3) is 0 Å². The third-order valence-electron chi connectivity index (χ3n) is 3.30. The highest BCUT2D eigenvalue weighted by molar-refractivity contribution is 7.91. The van der Waals surface area contributed by atoms with Crippen molar-refractivity contribution in [3.8, 4) is 0 Å². The van der Waals surface area contributed by atoms with Crippen molar-refractivity contribution in [1.82, 2.24) is 5.32 Å². The predicted molar refractivity (Wildman–Crippen MR) is 80.2 cm³/mol. The van der Waals surface area contributed by atoms with Crippen molar-refractivity contribution in [3.05, 3.63) is 29.8 Å². The first-order valence-electron chi connectivity index (χ1n) is 7.02. The number of benzene rings is 1. The van der Waals surface area contributed by atoms with Gasteiger partial charge >= 0.3 is 0 Å². The van der Waals surface area contributed by atoms with Gasteiger partial charge in [-0.05, 0) is 50.4 Å². The lowest BCUT2D eigenvalue weighted by Gasteiger charge is -2.15. The predicted octanol–water partition coefficient (Wildman–Crippen LogP) is 2.94. The zero-order valence-electron chi connectivity index (χ0n) is 12.1. The zero-order chi connectivity index (χ0) is 14.3. The number of nitrogens with one attached hydrogen (secondary N) is 1. The Bertz CT molecular complexity index is 483. The van der Waals surface area contributed by atoms with E-state index < -0.39 is 9.84 Å². The number of hydrogen-bond donors (Lipinski definition) is 1. The van der Waals surface area contributed by atoms with E-state index in [0.29, 0.717) is 17.4 Å². The van der Waals surface area contributed by atoms with Crippen LogP contribution in [-0.4, -0.2) is 26.8 Å². The smallest absolute Gasteiger partial charge is 0.178 e. The van der Waals surface area contributed by atoms with Crippen molar-refractivity contribution in [3.63, 3.8) is 0 Å². The quantitative estimate of drug-likeness (QED) is 0.798. The molecule has 0 spiro atoms. The molecule has 1 atom stereocenters. The Morgan fingerprint density at radius 2 is 2.00 bits per heavy atom. The third-order valence-corrected chi connectivity index (χ3v) is 5.10. The van der Waals surface area contributed by atoms with Crippen molar-refractivity contribution < 1.29 is 8.42 Å². The molecule has 0 bridgehead atoms. The van der Waals surface area contributed by atoms with Crippen LogP contribution in [0.15, 0.2) is 29.2 Å². The van der Waals surface area contributed by atoms with E-state index in [2.05, 4.69) is 19.2 Å². The lowest BCUT2D eigenvalue weighted by Crippen LogP contribution is -2.28. The average molecular weight is 283 g/mol. The van der Waals surface area contributed by atoms with Crippen molar-refractivity contribution in [2.75, 3.05) is 12.3 Å². The summed E-state index contributed by atoms with van der Waals surface area (Å²) in [6.45, 7) is 7.05. The van der Waals surface area contributed by atoms with Gasteiger partial charge in [-0.3, -0.25) is 0 Å². The van der Waals surface area contributed by atoms with Crippen LogP contribution in [0.25, 0.3) is 0 Å². The van der Waals surface area contributed by atoms with Gasteiger partial charge in [-0.2, -0.15) is 0 Å². The summed E-state index contributed by atoms with van der Waals surface area (Å²) >= 11 is 0. The molecule has 0 saturated carbocycles. The summed E-state index contributed by atoms with van der Waals surface area (Å²) in [5.74, 6) is 0.234. The van der Waals surface area contributed by atoms with Crippen LogP contribution in [-0.2, 0) is 9.84 Å². The Morgan fingerprint density at radius 1 is 1.26 bits per heavy atom. The van der Waals surface area contributed by atoms with E-state index in [1.54, 1.807) is 18.2 Å². The molecule has 19 heavy (non-hydrogen) atoms. The molecule has 1 unspecified atom stereocenters. The van der Waals surface area contributed by atoms with Crippen LogP contribution in [0.5, 0.6) is 0 Å². The summed E-state index contributed by atoms with van der Waals surface area (Å²) in [7, 11) is -3.13. The van der Waals surface area contributed by atoms with Gasteiger partial charge in [-0.15, -0.1) is 0 Å². The van der Waals surface area contributed by atoms with Crippen molar-refractivity contribution in [1.29, 1.82) is 0 Å². The molecular formula is C15H25NO2S. The highest BCUT2D eigenvalue weighted by atomic mass is 32.2. The number of hydrogen-bond acceptors (Lipinski definition) is 3. The van der Waals surface area contributed by atoms with E-state index in [1.807, 2.05) is 13.0 Å². The molecule has 1 N–H and O–H groups in total. The summed E-state index contributed by atoms with van der Waals surface area (Å²) in [5, 5.41) is 3.37. The monoisotopic (exact) mass is 283 g/mol. The summed E-state index contributed by atoms with van der Waals surface area (Å²) < 4.78 is 24.4. The summed E-state index contributed by atoms with van der Waals surface area (Å²) in [6, 6.07) is 7.58. The first-order valence-corrected chi connectivity index (χ1v) is 8.67. The van der Waals surface area contributed by atoms with Crippen LogP contribution in [0, 0.1) is 6.92 Å². The molecule has 1 aromatic rings. The molecule has 0 amide bonds. The molecule has 0 radical (unpaired) electrons. The number of sulfone groups is 1. The SMILES string of the molecule is CCNC(CC)CCCS(=O)(=O)c1cccc(C)c1. The van der Waals surface area contributed by atoms with Gasteiger partial charge in [0.15, 0.2) is 9.84 Å². The van der Waals surface area contributed by atoms with E-state index in [1.165, 1.54) is 0 Å². The maximum Gasteiger partial charge on any atom is 0.178 e. The molecular weight excluding hydrogens is 258 g/mol. The molecule has 0 aliphatic rings. The number of rotatable bonds is 8. The molecule has 3 nitrogen and oxygen atoms in total. The summed E-state index contributed by atoms with van der Waals surface area (Å²) in [4.78, 5) is 0.448. The molecule has 0 aliphatic heterocycles. The molecule has 0 saturated heterocycles. The van der Waals surface area contributed by atoms with Crippen LogP contribution in [0.2, 0.25) is 0 Å². The van der Waals surface area contributed by atoms with Crippen LogP contribution in [0.3, 0.4) is 0 Å². The van der Waals surface area contributed by atoms with Gasteiger partial charge in [0.1, 0.15) is 0 Å². The van der Waals surface area contributed by atoms with Crippen LogP contribution < -0.4 is 5.32 Å². The maximum absolute atomic E-state index is 12.2. The van der Waals surface area contributed by atoms with Gasteiger partial charge < -0.3 is 5.32 Å². The maximum atomic E-state index is 12.2. The fourth-order valence-electron chi connectivity index (χ4n) is 2.19. The fourth-order valence-corrected chi connectivity index (χ4v) is 3.62. The normalized spacial score (nSPS) is 13.4. The zero-order valence-corrected chi connectivity index (χ0v) is 13.0. The van der Waals surface area contributed by atoms with Gasteiger partial charge in [0.05, 0.1) is 10.6 Å². The van der Waals surface area contributed by atoms with Crippen molar-refractivity contribution in [2.24, 2.45) is 0 Å². The Hall–Kier alpha value is -0.870. The molecule has 0 aromatic heterocycles. The molecule has 1 aromatic carbocycles. The van der Waals surface area contributed by atoms with Gasteiger partial charge in [0.2, 0.25) is 0 Å². The second-order valence-electron chi connectivity index (χ2n) is 4.94. The fraction of sp³-hybridized carbons (Fsp3) is 0.600. The van der Waals surface area contributed by atoms with E-state index in [0.717, 1.165) is 24.9 Å². The topological polar surface area (TPSA) is 46.2 Å². The molecule has 0 aliphatic carbocycles. The van der Waals surface area contributed by atoms with Gasteiger partial charge in [-0.25, -0.2) is 8.42 Å². The highest BCUT2D eigenvalue weighted by Crippen LogP contribution is 2.15. The largest absolute Gasteiger partial charge is 0.314 e. The molecule has 0 heterocycles. The van der Waals surface area contributed by atoms with Crippen LogP contribution >= 0.6 is 0 Å². The van der Waals surface area contributed by atoms with E-state index in [-0.39, 0.29) is 5.75 Å². The van der Waals surface area contributed by atoms with Crippen LogP contribution in [0.1, 0.15) is 38.7 Å². The first kappa shape index (κ1) is 16.2. The van der Waals surface area contributed by atoms with E-state index in [9.17, 15) is 8.42 Å². The number of aryl methyl sites for hydroxylation is 1. The van der Waals surface area contributed by atoms with Gasteiger partial charge in [0, 0.05) is 6.04 Å². The minimum Gasteiger partial charge on any atom is -0.314 e. The standard InChI is InChI=1S/C15H25NO2S/c1-4-14(16-5-2)9-7-11-19(17,18)15-10-6-8-13(3)12-15/h6,8,10,12,14,16H,4-5,7,9,11H2,1-3H3. The molecule has 0 fully saturated rings. The Kier molecular flexibility index (Phi) is 6.52. The Labute approximate surface area is 117 Å². The highest BCUT2D eigenvalue weighted by Gasteiger charge is 2.15. The van der Waals surface area contributed by atoms with Gasteiger partial charge in [-0.1, -0.05) is 26.0 Å². The molecule has 1 rings (SSSR count). The Balaban J connectivity index is 2.56. The van der Waals surface area contributed by atoms with Crippen LogP contribution in [0.4, 0.5) is 0 Å². The Morgan fingerprint density at radius 3 is 2.58 bits per heavy atom. The van der Waals surface area contributed by atoms with E-state index >= 15 is 0 Å².